The van der Waals surface area contributed by atoms with Crippen molar-refractivity contribution in [2.24, 2.45) is 5.73 Å². The third-order valence-electron chi connectivity index (χ3n) is 1.29. The van der Waals surface area contributed by atoms with Gasteiger partial charge in [0.1, 0.15) is 5.60 Å². The molecule has 0 aliphatic heterocycles. The van der Waals surface area contributed by atoms with E-state index in [4.69, 9.17) is 10.5 Å². The quantitative estimate of drug-likeness (QED) is 0.431. The molecule has 6 nitrogen and oxygen atoms in total. The van der Waals surface area contributed by atoms with Gasteiger partial charge in [-0.05, 0) is 20.8 Å². The van der Waals surface area contributed by atoms with E-state index in [-0.39, 0.29) is 12.5 Å². The van der Waals surface area contributed by atoms with Gasteiger partial charge in [-0.2, -0.15) is 0 Å². The molecule has 15 heavy (non-hydrogen) atoms. The number of hydrogen-bond donors (Lipinski definition) is 3. The van der Waals surface area contributed by atoms with Crippen LogP contribution in [0.5, 0.6) is 0 Å². The van der Waals surface area contributed by atoms with Crippen LogP contribution in [0.15, 0.2) is 0 Å². The van der Waals surface area contributed by atoms with Gasteiger partial charge < -0.3 is 21.1 Å². The van der Waals surface area contributed by atoms with Gasteiger partial charge >= 0.3 is 12.0 Å². The van der Waals surface area contributed by atoms with Crippen molar-refractivity contribution in [3.8, 4) is 0 Å². The van der Waals surface area contributed by atoms with Crippen molar-refractivity contribution in [1.82, 2.24) is 10.6 Å². The van der Waals surface area contributed by atoms with Gasteiger partial charge in [-0.25, -0.2) is 4.79 Å². The Bertz CT molecular complexity index is 223. The lowest BCUT2D eigenvalue weighted by Gasteiger charge is -2.19. The van der Waals surface area contributed by atoms with E-state index < -0.39 is 11.6 Å². The Balaban J connectivity index is 3.44. The van der Waals surface area contributed by atoms with Crippen LogP contribution in [0.2, 0.25) is 0 Å². The van der Waals surface area contributed by atoms with Crippen LogP contribution in [0.4, 0.5) is 4.79 Å². The van der Waals surface area contributed by atoms with Gasteiger partial charge in [0, 0.05) is 13.1 Å². The summed E-state index contributed by atoms with van der Waals surface area (Å²) in [6.07, 6.45) is 0. The minimum Gasteiger partial charge on any atom is -0.459 e. The van der Waals surface area contributed by atoms with E-state index in [1.165, 1.54) is 0 Å². The highest BCUT2D eigenvalue weighted by Crippen LogP contribution is 2.05. The van der Waals surface area contributed by atoms with Crippen molar-refractivity contribution >= 4 is 12.0 Å². The second-order valence-corrected chi connectivity index (χ2v) is 4.05. The Hall–Kier alpha value is -1.30. The Morgan fingerprint density at radius 2 is 1.87 bits per heavy atom. The van der Waals surface area contributed by atoms with Gasteiger partial charge in [-0.1, -0.05) is 0 Å². The Morgan fingerprint density at radius 3 is 2.33 bits per heavy atom. The molecule has 0 radical (unpaired) electrons. The van der Waals surface area contributed by atoms with Gasteiger partial charge in [0.25, 0.3) is 0 Å². The zero-order valence-electron chi connectivity index (χ0n) is 9.42. The van der Waals surface area contributed by atoms with Crippen LogP contribution in [0, 0.1) is 0 Å². The summed E-state index contributed by atoms with van der Waals surface area (Å²) in [4.78, 5) is 21.4. The number of hydrogen-bond acceptors (Lipinski definition) is 4. The zero-order chi connectivity index (χ0) is 11.9. The topological polar surface area (TPSA) is 93.4 Å². The molecule has 0 heterocycles. The van der Waals surface area contributed by atoms with E-state index in [9.17, 15) is 9.59 Å². The van der Waals surface area contributed by atoms with Crippen LogP contribution >= 0.6 is 0 Å². The maximum atomic E-state index is 11.2. The molecule has 2 amide bonds. The molecule has 0 fully saturated rings. The van der Waals surface area contributed by atoms with Crippen LogP contribution < -0.4 is 16.4 Å². The highest BCUT2D eigenvalue weighted by molar-refractivity contribution is 5.72. The average Bonchev–Trinajstić information content (AvgIpc) is 1.99. The van der Waals surface area contributed by atoms with Gasteiger partial charge in [0.05, 0.1) is 6.54 Å². The molecule has 0 aromatic carbocycles. The fraction of sp³-hybridized carbons (Fsp3) is 0.778. The van der Waals surface area contributed by atoms with Crippen LogP contribution in [0.25, 0.3) is 0 Å². The zero-order valence-corrected chi connectivity index (χ0v) is 9.42. The number of carbonyl (C=O) groups is 2. The van der Waals surface area contributed by atoms with Crippen molar-refractivity contribution < 1.29 is 14.3 Å². The molecule has 0 rings (SSSR count). The fourth-order valence-corrected chi connectivity index (χ4v) is 0.842. The lowest BCUT2D eigenvalue weighted by molar-refractivity contribution is -0.153. The van der Waals surface area contributed by atoms with Crippen molar-refractivity contribution in [2.75, 3.05) is 19.6 Å². The number of nitrogens with one attached hydrogen (secondary N) is 2. The summed E-state index contributed by atoms with van der Waals surface area (Å²) in [7, 11) is 0. The predicted octanol–water partition coefficient (Wildman–Crippen LogP) is -0.414. The van der Waals surface area contributed by atoms with Gasteiger partial charge in [-0.3, -0.25) is 4.79 Å². The van der Waals surface area contributed by atoms with E-state index >= 15 is 0 Å². The number of carbonyl (C=O) groups excluding carboxylic acids is 2. The summed E-state index contributed by atoms with van der Waals surface area (Å²) in [5.74, 6) is -0.318. The molecule has 0 saturated heterocycles. The standard InChI is InChI=1S/C9H19N3O3/c1-9(2,3)15-7(13)6-11-4-5-12-8(10)14/h11H,4-6H2,1-3H3,(H3,10,12,14). The highest BCUT2D eigenvalue weighted by atomic mass is 16.6. The smallest absolute Gasteiger partial charge is 0.320 e. The van der Waals surface area contributed by atoms with E-state index in [1.54, 1.807) is 20.8 Å². The molecule has 4 N–H and O–H groups in total. The molecule has 0 aromatic rings. The maximum Gasteiger partial charge on any atom is 0.320 e. The van der Waals surface area contributed by atoms with E-state index in [1.807, 2.05) is 0 Å². The van der Waals surface area contributed by atoms with Crippen molar-refractivity contribution in [3.05, 3.63) is 0 Å². The number of primary amides is 1. The van der Waals surface area contributed by atoms with Gasteiger partial charge in [-0.15, -0.1) is 0 Å². The molecule has 0 saturated carbocycles. The lowest BCUT2D eigenvalue weighted by Crippen LogP contribution is -2.38. The number of nitrogens with two attached hydrogens (primary N) is 1. The van der Waals surface area contributed by atoms with Crippen LogP contribution in [-0.2, 0) is 9.53 Å². The summed E-state index contributed by atoms with van der Waals surface area (Å²) in [5.41, 5.74) is 4.38. The molecule has 88 valence electrons. The number of rotatable bonds is 5. The van der Waals surface area contributed by atoms with E-state index in [0.29, 0.717) is 13.1 Å². The number of urea groups is 1. The Labute approximate surface area is 89.5 Å². The van der Waals surface area contributed by atoms with Crippen LogP contribution in [0.3, 0.4) is 0 Å². The third kappa shape index (κ3) is 10.6. The van der Waals surface area contributed by atoms with E-state index in [2.05, 4.69) is 10.6 Å². The van der Waals surface area contributed by atoms with Crippen LogP contribution in [-0.4, -0.2) is 37.2 Å². The summed E-state index contributed by atoms with van der Waals surface area (Å²) in [6, 6.07) is -0.575. The monoisotopic (exact) mass is 217 g/mol. The third-order valence-corrected chi connectivity index (χ3v) is 1.29. The lowest BCUT2D eigenvalue weighted by atomic mass is 10.2. The Morgan fingerprint density at radius 1 is 1.27 bits per heavy atom. The largest absolute Gasteiger partial charge is 0.459 e. The minimum atomic E-state index is -0.575. The second kappa shape index (κ2) is 6.23. The second-order valence-electron chi connectivity index (χ2n) is 4.05. The first-order valence-electron chi connectivity index (χ1n) is 4.77. The highest BCUT2D eigenvalue weighted by Gasteiger charge is 2.15. The fourth-order valence-electron chi connectivity index (χ4n) is 0.842. The van der Waals surface area contributed by atoms with Crippen molar-refractivity contribution in [3.63, 3.8) is 0 Å². The maximum absolute atomic E-state index is 11.2. The molecular weight excluding hydrogens is 198 g/mol. The van der Waals surface area contributed by atoms with Crippen molar-refractivity contribution in [2.45, 2.75) is 26.4 Å². The molecule has 0 atom stereocenters. The average molecular weight is 217 g/mol. The summed E-state index contributed by atoms with van der Waals surface area (Å²) in [5, 5.41) is 5.21. The molecular formula is C9H19N3O3. The van der Waals surface area contributed by atoms with Crippen molar-refractivity contribution in [1.29, 1.82) is 0 Å². The number of amides is 2. The first-order valence-corrected chi connectivity index (χ1v) is 4.77. The molecule has 0 aliphatic carbocycles. The minimum absolute atomic E-state index is 0.123. The molecule has 0 bridgehead atoms. The van der Waals surface area contributed by atoms with Gasteiger partial charge in [0.2, 0.25) is 0 Å². The molecule has 0 spiro atoms. The van der Waals surface area contributed by atoms with Gasteiger partial charge in [0.15, 0.2) is 0 Å². The molecule has 6 heteroatoms. The molecule has 0 unspecified atom stereocenters. The SMILES string of the molecule is CC(C)(C)OC(=O)CNCCNC(N)=O. The molecule has 0 aromatic heterocycles. The first-order chi connectivity index (χ1) is 6.81. The number of esters is 1. The molecule has 0 aliphatic rings. The van der Waals surface area contributed by atoms with Crippen LogP contribution in [0.1, 0.15) is 20.8 Å². The number of ether oxygens (including phenoxy) is 1. The normalized spacial score (nSPS) is 10.9. The Kier molecular flexibility index (Phi) is 5.69. The predicted molar refractivity (Wildman–Crippen MR) is 56.3 cm³/mol. The summed E-state index contributed by atoms with van der Waals surface area (Å²) in [6.45, 7) is 6.40. The first kappa shape index (κ1) is 13.7. The summed E-state index contributed by atoms with van der Waals surface area (Å²) >= 11 is 0. The van der Waals surface area contributed by atoms with E-state index in [0.717, 1.165) is 0 Å². The summed E-state index contributed by atoms with van der Waals surface area (Å²) < 4.78 is 5.05.